The second-order valence-corrected chi connectivity index (χ2v) is 3.45. The molecular weight excluding hydrogens is 226 g/mol. The molecule has 0 bridgehead atoms. The van der Waals surface area contributed by atoms with Gasteiger partial charge in [0.2, 0.25) is 0 Å². The molecule has 0 spiro atoms. The van der Waals surface area contributed by atoms with Gasteiger partial charge in [0.05, 0.1) is 29.1 Å². The second kappa shape index (κ2) is 4.17. The largest absolute Gasteiger partial charge is 0.275 e. The fourth-order valence-electron chi connectivity index (χ4n) is 1.28. The summed E-state index contributed by atoms with van der Waals surface area (Å²) in [5.41, 5.74) is 1.57. The van der Waals surface area contributed by atoms with Gasteiger partial charge in [0.1, 0.15) is 0 Å². The quantitative estimate of drug-likeness (QED) is 0.744. The monoisotopic (exact) mass is 231 g/mol. The number of rotatable bonds is 2. The van der Waals surface area contributed by atoms with Crippen LogP contribution in [0.3, 0.4) is 0 Å². The maximum absolute atomic E-state index is 10.9. The lowest BCUT2D eigenvalue weighted by atomic mass is 10.2. The summed E-state index contributed by atoms with van der Waals surface area (Å²) < 4.78 is 1.50. The summed E-state index contributed by atoms with van der Waals surface area (Å²) in [6, 6.07) is 8.94. The van der Waals surface area contributed by atoms with Crippen LogP contribution < -0.4 is 0 Å². The van der Waals surface area contributed by atoms with Crippen molar-refractivity contribution in [3.8, 4) is 11.8 Å². The molecule has 0 atom stereocenters. The van der Waals surface area contributed by atoms with Crippen LogP contribution in [0.15, 0.2) is 36.7 Å². The SMILES string of the molecule is N#Cc1cccc(-n2cc(C(=O)Cl)cn2)c1. The molecule has 2 aromatic rings. The molecule has 0 saturated carbocycles. The Labute approximate surface area is 96.7 Å². The number of nitriles is 1. The molecule has 0 aliphatic carbocycles. The maximum atomic E-state index is 10.9. The Morgan fingerprint density at radius 1 is 1.50 bits per heavy atom. The first-order valence-corrected chi connectivity index (χ1v) is 4.83. The zero-order chi connectivity index (χ0) is 11.5. The molecule has 0 N–H and O–H groups in total. The molecule has 1 heterocycles. The number of aromatic nitrogens is 2. The summed E-state index contributed by atoms with van der Waals surface area (Å²) in [7, 11) is 0. The maximum Gasteiger partial charge on any atom is 0.255 e. The average Bonchev–Trinajstić information content (AvgIpc) is 2.78. The Hall–Kier alpha value is -2.12. The molecule has 1 aromatic heterocycles. The highest BCUT2D eigenvalue weighted by atomic mass is 35.5. The van der Waals surface area contributed by atoms with E-state index in [2.05, 4.69) is 5.10 Å². The van der Waals surface area contributed by atoms with Crippen LogP contribution in [0.4, 0.5) is 0 Å². The first-order valence-electron chi connectivity index (χ1n) is 4.46. The highest BCUT2D eigenvalue weighted by Gasteiger charge is 2.06. The molecule has 0 saturated heterocycles. The molecule has 0 aliphatic heterocycles. The van der Waals surface area contributed by atoms with Crippen LogP contribution in [-0.2, 0) is 0 Å². The highest BCUT2D eigenvalue weighted by Crippen LogP contribution is 2.11. The molecular formula is C11H6ClN3O. The van der Waals surface area contributed by atoms with Crippen LogP contribution in [0.1, 0.15) is 15.9 Å². The van der Waals surface area contributed by atoms with E-state index in [1.807, 2.05) is 6.07 Å². The topological polar surface area (TPSA) is 58.7 Å². The van der Waals surface area contributed by atoms with Gasteiger partial charge in [0.15, 0.2) is 0 Å². The summed E-state index contributed by atoms with van der Waals surface area (Å²) >= 11 is 5.32. The van der Waals surface area contributed by atoms with Crippen LogP contribution in [-0.4, -0.2) is 15.0 Å². The van der Waals surface area contributed by atoms with Crippen LogP contribution in [0.25, 0.3) is 5.69 Å². The van der Waals surface area contributed by atoms with Crippen molar-refractivity contribution in [1.82, 2.24) is 9.78 Å². The zero-order valence-corrected chi connectivity index (χ0v) is 8.85. The first-order chi connectivity index (χ1) is 7.70. The molecule has 2 rings (SSSR count). The van der Waals surface area contributed by atoms with Crippen LogP contribution in [0.5, 0.6) is 0 Å². The third kappa shape index (κ3) is 1.95. The molecule has 0 radical (unpaired) electrons. The fraction of sp³-hybridized carbons (Fsp3) is 0. The minimum atomic E-state index is -0.553. The van der Waals surface area contributed by atoms with Gasteiger partial charge in [0, 0.05) is 6.20 Å². The number of carbonyl (C=O) groups excluding carboxylic acids is 1. The molecule has 4 nitrogen and oxygen atoms in total. The summed E-state index contributed by atoms with van der Waals surface area (Å²) in [4.78, 5) is 10.9. The highest BCUT2D eigenvalue weighted by molar-refractivity contribution is 6.67. The minimum absolute atomic E-state index is 0.323. The van der Waals surface area contributed by atoms with Gasteiger partial charge < -0.3 is 0 Å². The third-order valence-electron chi connectivity index (χ3n) is 2.05. The number of hydrogen-bond acceptors (Lipinski definition) is 3. The standard InChI is InChI=1S/C11H6ClN3O/c12-11(16)9-6-14-15(7-9)10-3-1-2-8(4-10)5-13/h1-4,6-7H. The van der Waals surface area contributed by atoms with E-state index in [1.54, 1.807) is 24.3 Å². The van der Waals surface area contributed by atoms with E-state index in [1.165, 1.54) is 17.1 Å². The second-order valence-electron chi connectivity index (χ2n) is 3.11. The van der Waals surface area contributed by atoms with Crippen molar-refractivity contribution in [2.75, 3.05) is 0 Å². The normalized spacial score (nSPS) is 9.75. The van der Waals surface area contributed by atoms with Gasteiger partial charge in [-0.1, -0.05) is 6.07 Å². The first kappa shape index (κ1) is 10.4. The van der Waals surface area contributed by atoms with E-state index in [9.17, 15) is 4.79 Å². The van der Waals surface area contributed by atoms with E-state index in [0.29, 0.717) is 16.8 Å². The van der Waals surface area contributed by atoms with Crippen LogP contribution >= 0.6 is 11.6 Å². The Balaban J connectivity index is 2.43. The van der Waals surface area contributed by atoms with Gasteiger partial charge >= 0.3 is 0 Å². The zero-order valence-electron chi connectivity index (χ0n) is 8.09. The van der Waals surface area contributed by atoms with Gasteiger partial charge in [-0.25, -0.2) is 4.68 Å². The predicted molar refractivity (Wildman–Crippen MR) is 58.5 cm³/mol. The Morgan fingerprint density at radius 2 is 2.31 bits per heavy atom. The van der Waals surface area contributed by atoms with Gasteiger partial charge in [-0.05, 0) is 29.8 Å². The smallest absolute Gasteiger partial charge is 0.255 e. The van der Waals surface area contributed by atoms with E-state index in [-0.39, 0.29) is 0 Å². The van der Waals surface area contributed by atoms with Crippen molar-refractivity contribution >= 4 is 16.8 Å². The molecule has 0 aliphatic rings. The summed E-state index contributed by atoms with van der Waals surface area (Å²) in [5, 5.41) is 12.2. The van der Waals surface area contributed by atoms with E-state index in [4.69, 9.17) is 16.9 Å². The fourth-order valence-corrected chi connectivity index (χ4v) is 1.38. The van der Waals surface area contributed by atoms with Crippen molar-refractivity contribution in [2.45, 2.75) is 0 Å². The van der Waals surface area contributed by atoms with Crippen molar-refractivity contribution in [1.29, 1.82) is 5.26 Å². The number of carbonyl (C=O) groups is 1. The van der Waals surface area contributed by atoms with Crippen molar-refractivity contribution in [2.24, 2.45) is 0 Å². The Morgan fingerprint density at radius 3 is 2.94 bits per heavy atom. The Bertz CT molecular complexity index is 583. The van der Waals surface area contributed by atoms with Crippen LogP contribution in [0.2, 0.25) is 0 Å². The summed E-state index contributed by atoms with van der Waals surface area (Å²) in [6.07, 6.45) is 2.90. The lowest BCUT2D eigenvalue weighted by molar-refractivity contribution is 0.108. The molecule has 0 unspecified atom stereocenters. The average molecular weight is 232 g/mol. The van der Waals surface area contributed by atoms with Crippen molar-refractivity contribution < 1.29 is 4.79 Å². The van der Waals surface area contributed by atoms with E-state index < -0.39 is 5.24 Å². The van der Waals surface area contributed by atoms with Crippen molar-refractivity contribution in [3.05, 3.63) is 47.8 Å². The number of hydrogen-bond donors (Lipinski definition) is 0. The molecule has 5 heteroatoms. The van der Waals surface area contributed by atoms with Gasteiger partial charge in [0.25, 0.3) is 5.24 Å². The van der Waals surface area contributed by atoms with Gasteiger partial charge in [-0.3, -0.25) is 4.79 Å². The third-order valence-corrected chi connectivity index (χ3v) is 2.27. The summed E-state index contributed by atoms with van der Waals surface area (Å²) in [6.45, 7) is 0. The molecule has 0 fully saturated rings. The number of benzene rings is 1. The predicted octanol–water partition coefficient (Wildman–Crippen LogP) is 2.12. The number of halogens is 1. The van der Waals surface area contributed by atoms with Gasteiger partial charge in [-0.15, -0.1) is 0 Å². The lowest BCUT2D eigenvalue weighted by Gasteiger charge is -2.00. The van der Waals surface area contributed by atoms with E-state index >= 15 is 0 Å². The van der Waals surface area contributed by atoms with Crippen LogP contribution in [0, 0.1) is 11.3 Å². The number of nitrogens with zero attached hydrogens (tertiary/aromatic N) is 3. The van der Waals surface area contributed by atoms with Crippen molar-refractivity contribution in [3.63, 3.8) is 0 Å². The van der Waals surface area contributed by atoms with Gasteiger partial charge in [-0.2, -0.15) is 10.4 Å². The molecule has 78 valence electrons. The summed E-state index contributed by atoms with van der Waals surface area (Å²) in [5.74, 6) is 0. The van der Waals surface area contributed by atoms with E-state index in [0.717, 1.165) is 0 Å². The lowest BCUT2D eigenvalue weighted by Crippen LogP contribution is -1.94. The minimum Gasteiger partial charge on any atom is -0.275 e. The molecule has 0 amide bonds. The molecule has 16 heavy (non-hydrogen) atoms. The molecule has 1 aromatic carbocycles. The Kier molecular flexibility index (Phi) is 2.71.